The molecule has 1 unspecified atom stereocenters. The Morgan fingerprint density at radius 3 is 2.39 bits per heavy atom. The lowest BCUT2D eigenvalue weighted by Gasteiger charge is -2.33. The minimum Gasteiger partial charge on any atom is -0.399 e. The second kappa shape index (κ2) is 5.43. The molecule has 2 aromatic carbocycles. The summed E-state index contributed by atoms with van der Waals surface area (Å²) in [5.74, 6) is 0.215. The summed E-state index contributed by atoms with van der Waals surface area (Å²) in [6, 6.07) is 15.7. The molecule has 5 heteroatoms. The molecule has 4 N–H and O–H groups in total. The van der Waals surface area contributed by atoms with E-state index in [1.54, 1.807) is 7.05 Å². The van der Waals surface area contributed by atoms with Crippen LogP contribution in [0, 0.1) is 0 Å². The van der Waals surface area contributed by atoms with Crippen LogP contribution < -0.4 is 11.5 Å². The Bertz CT molecular complexity index is 799. The van der Waals surface area contributed by atoms with Crippen molar-refractivity contribution in [1.82, 2.24) is 4.90 Å². The van der Waals surface area contributed by atoms with E-state index in [2.05, 4.69) is 4.99 Å². The number of hydrogen-bond acceptors (Lipinski definition) is 4. The Morgan fingerprint density at radius 1 is 1.09 bits per heavy atom. The van der Waals surface area contributed by atoms with Gasteiger partial charge in [-0.1, -0.05) is 30.3 Å². The van der Waals surface area contributed by atoms with Crippen molar-refractivity contribution in [3.8, 4) is 11.1 Å². The van der Waals surface area contributed by atoms with Crippen molar-refractivity contribution in [3.05, 3.63) is 54.1 Å². The first kappa shape index (κ1) is 15.1. The standard InChI is InChI=1S/C18H20N4O/c1-18(11-16(23)22(2)17(20)21-18)14-7-3-5-12(9-14)13-6-4-8-15(19)10-13/h3-10H,11,19H2,1-2H3,(H2,20,21). The lowest BCUT2D eigenvalue weighted by atomic mass is 9.86. The van der Waals surface area contributed by atoms with Gasteiger partial charge >= 0.3 is 0 Å². The molecule has 1 atom stereocenters. The number of amides is 1. The largest absolute Gasteiger partial charge is 0.399 e. The topological polar surface area (TPSA) is 84.7 Å². The highest BCUT2D eigenvalue weighted by Gasteiger charge is 2.36. The molecule has 0 fully saturated rings. The van der Waals surface area contributed by atoms with Crippen LogP contribution in [0.3, 0.4) is 0 Å². The third kappa shape index (κ3) is 2.77. The molecule has 0 saturated heterocycles. The number of aliphatic imine (C=N–C) groups is 1. The summed E-state index contributed by atoms with van der Waals surface area (Å²) in [5.41, 5.74) is 14.9. The lowest BCUT2D eigenvalue weighted by Crippen LogP contribution is -2.47. The molecular weight excluding hydrogens is 288 g/mol. The maximum Gasteiger partial charge on any atom is 0.231 e. The highest BCUT2D eigenvalue weighted by molar-refractivity contribution is 5.98. The van der Waals surface area contributed by atoms with Gasteiger partial charge in [-0.25, -0.2) is 4.99 Å². The number of hydrogen-bond donors (Lipinski definition) is 2. The smallest absolute Gasteiger partial charge is 0.231 e. The second-order valence-electron chi connectivity index (χ2n) is 6.08. The van der Waals surface area contributed by atoms with Crippen molar-refractivity contribution < 1.29 is 4.79 Å². The quantitative estimate of drug-likeness (QED) is 0.835. The summed E-state index contributed by atoms with van der Waals surface area (Å²) in [4.78, 5) is 18.1. The van der Waals surface area contributed by atoms with E-state index in [-0.39, 0.29) is 11.9 Å². The fraction of sp³-hybridized carbons (Fsp3) is 0.222. The van der Waals surface area contributed by atoms with Gasteiger partial charge in [-0.05, 0) is 41.8 Å². The Kier molecular flexibility index (Phi) is 3.56. The van der Waals surface area contributed by atoms with Crippen LogP contribution in [0.2, 0.25) is 0 Å². The van der Waals surface area contributed by atoms with Gasteiger partial charge in [0, 0.05) is 12.7 Å². The molecule has 23 heavy (non-hydrogen) atoms. The molecule has 0 spiro atoms. The van der Waals surface area contributed by atoms with E-state index in [4.69, 9.17) is 11.5 Å². The van der Waals surface area contributed by atoms with Crippen LogP contribution in [0.1, 0.15) is 18.9 Å². The van der Waals surface area contributed by atoms with E-state index in [9.17, 15) is 4.79 Å². The van der Waals surface area contributed by atoms with Crippen LogP contribution in [0.15, 0.2) is 53.5 Å². The van der Waals surface area contributed by atoms with Gasteiger partial charge in [0.05, 0.1) is 12.0 Å². The van der Waals surface area contributed by atoms with Gasteiger partial charge in [0.15, 0.2) is 5.96 Å². The van der Waals surface area contributed by atoms with Crippen molar-refractivity contribution in [2.24, 2.45) is 10.7 Å². The Hall–Kier alpha value is -2.82. The van der Waals surface area contributed by atoms with Crippen molar-refractivity contribution in [1.29, 1.82) is 0 Å². The third-order valence-electron chi connectivity index (χ3n) is 4.28. The fourth-order valence-corrected chi connectivity index (χ4v) is 2.83. The molecule has 0 aromatic heterocycles. The van der Waals surface area contributed by atoms with E-state index in [0.717, 1.165) is 22.4 Å². The first-order chi connectivity index (χ1) is 10.9. The Balaban J connectivity index is 2.05. The number of nitrogen functional groups attached to an aromatic ring is 1. The molecule has 0 radical (unpaired) electrons. The molecular formula is C18H20N4O. The highest BCUT2D eigenvalue weighted by Crippen LogP contribution is 2.35. The van der Waals surface area contributed by atoms with Crippen LogP contribution >= 0.6 is 0 Å². The first-order valence-corrected chi connectivity index (χ1v) is 7.47. The summed E-state index contributed by atoms with van der Waals surface area (Å²) in [6.45, 7) is 1.93. The van der Waals surface area contributed by atoms with Crippen LogP contribution in [-0.4, -0.2) is 23.8 Å². The average molecular weight is 308 g/mol. The average Bonchev–Trinajstić information content (AvgIpc) is 2.53. The number of guanidine groups is 1. The molecule has 1 heterocycles. The summed E-state index contributed by atoms with van der Waals surface area (Å²) in [7, 11) is 1.64. The molecule has 5 nitrogen and oxygen atoms in total. The maximum absolute atomic E-state index is 12.1. The number of rotatable bonds is 2. The predicted molar refractivity (Wildman–Crippen MR) is 92.7 cm³/mol. The van der Waals surface area contributed by atoms with Gasteiger partial charge in [0.1, 0.15) is 0 Å². The summed E-state index contributed by atoms with van der Waals surface area (Å²) < 4.78 is 0. The van der Waals surface area contributed by atoms with Gasteiger partial charge in [-0.15, -0.1) is 0 Å². The van der Waals surface area contributed by atoms with E-state index < -0.39 is 5.54 Å². The molecule has 118 valence electrons. The number of benzene rings is 2. The predicted octanol–water partition coefficient (Wildman–Crippen LogP) is 2.33. The Labute approximate surface area is 135 Å². The van der Waals surface area contributed by atoms with Gasteiger partial charge in [0.2, 0.25) is 5.91 Å². The van der Waals surface area contributed by atoms with Crippen molar-refractivity contribution in [3.63, 3.8) is 0 Å². The number of nitrogens with two attached hydrogens (primary N) is 2. The van der Waals surface area contributed by atoms with Crippen LogP contribution in [-0.2, 0) is 10.3 Å². The summed E-state index contributed by atoms with van der Waals surface area (Å²) >= 11 is 0. The monoisotopic (exact) mass is 308 g/mol. The molecule has 0 aliphatic carbocycles. The van der Waals surface area contributed by atoms with Crippen molar-refractivity contribution in [2.45, 2.75) is 18.9 Å². The van der Waals surface area contributed by atoms with E-state index in [1.165, 1.54) is 4.90 Å². The zero-order valence-electron chi connectivity index (χ0n) is 13.3. The second-order valence-corrected chi connectivity index (χ2v) is 6.08. The molecule has 1 aliphatic rings. The molecule has 0 saturated carbocycles. The molecule has 0 bridgehead atoms. The van der Waals surface area contributed by atoms with Crippen molar-refractivity contribution >= 4 is 17.6 Å². The van der Waals surface area contributed by atoms with Crippen LogP contribution in [0.4, 0.5) is 5.69 Å². The van der Waals surface area contributed by atoms with E-state index in [1.807, 2.05) is 55.5 Å². The van der Waals surface area contributed by atoms with Crippen LogP contribution in [0.5, 0.6) is 0 Å². The minimum atomic E-state index is -0.649. The van der Waals surface area contributed by atoms with Gasteiger partial charge in [0.25, 0.3) is 0 Å². The summed E-state index contributed by atoms with van der Waals surface area (Å²) in [5, 5.41) is 0. The maximum atomic E-state index is 12.1. The normalized spacial score (nSPS) is 21.2. The van der Waals surface area contributed by atoms with E-state index in [0.29, 0.717) is 6.42 Å². The first-order valence-electron chi connectivity index (χ1n) is 7.47. The molecule has 3 rings (SSSR count). The summed E-state index contributed by atoms with van der Waals surface area (Å²) in [6.07, 6.45) is 0.296. The van der Waals surface area contributed by atoms with Gasteiger partial charge in [-0.3, -0.25) is 9.69 Å². The van der Waals surface area contributed by atoms with Gasteiger partial charge in [-0.2, -0.15) is 0 Å². The Morgan fingerprint density at radius 2 is 1.74 bits per heavy atom. The molecule has 1 amide bonds. The SMILES string of the molecule is CN1C(=O)CC(C)(c2cccc(-c3cccc(N)c3)c2)N=C1N. The number of nitrogens with zero attached hydrogens (tertiary/aromatic N) is 2. The zero-order chi connectivity index (χ0) is 16.6. The lowest BCUT2D eigenvalue weighted by molar-refractivity contribution is -0.128. The fourth-order valence-electron chi connectivity index (χ4n) is 2.83. The minimum absolute atomic E-state index is 0.0330. The van der Waals surface area contributed by atoms with Crippen LogP contribution in [0.25, 0.3) is 11.1 Å². The third-order valence-corrected chi connectivity index (χ3v) is 4.28. The van der Waals surface area contributed by atoms with Gasteiger partial charge < -0.3 is 11.5 Å². The van der Waals surface area contributed by atoms with E-state index >= 15 is 0 Å². The number of anilines is 1. The number of carbonyl (C=O) groups excluding carboxylic acids is 1. The van der Waals surface area contributed by atoms with Crippen molar-refractivity contribution in [2.75, 3.05) is 12.8 Å². The zero-order valence-corrected chi connectivity index (χ0v) is 13.3. The molecule has 1 aliphatic heterocycles. The molecule has 2 aromatic rings. The number of carbonyl (C=O) groups is 1. The highest BCUT2D eigenvalue weighted by atomic mass is 16.2.